The Bertz CT molecular complexity index is 250. The summed E-state index contributed by atoms with van der Waals surface area (Å²) in [4.78, 5) is 2.59. The molecule has 0 aliphatic carbocycles. The minimum absolute atomic E-state index is 0. The molecule has 2 aliphatic rings. The van der Waals surface area contributed by atoms with Crippen molar-refractivity contribution in [2.45, 2.75) is 64.8 Å². The van der Waals surface area contributed by atoms with Gasteiger partial charge in [0.2, 0.25) is 0 Å². The van der Waals surface area contributed by atoms with Crippen LogP contribution < -0.4 is 5.32 Å². The van der Waals surface area contributed by atoms with E-state index in [-0.39, 0.29) is 17.9 Å². The largest absolute Gasteiger partial charge is 0.361 e. The van der Waals surface area contributed by atoms with Crippen molar-refractivity contribution in [2.75, 3.05) is 19.7 Å². The van der Waals surface area contributed by atoms with Gasteiger partial charge in [-0.2, -0.15) is 0 Å². The molecule has 0 bridgehead atoms. The summed E-state index contributed by atoms with van der Waals surface area (Å²) in [6.45, 7) is 12.4. The van der Waals surface area contributed by atoms with Crippen molar-refractivity contribution < 1.29 is 4.74 Å². The quantitative estimate of drug-likeness (QED) is 0.858. The Hall–Kier alpha value is 0.170. The molecule has 0 saturated carbocycles. The van der Waals surface area contributed by atoms with Crippen molar-refractivity contribution in [2.24, 2.45) is 5.92 Å². The highest BCUT2D eigenvalue weighted by Crippen LogP contribution is 2.26. The maximum absolute atomic E-state index is 5.82. The lowest BCUT2D eigenvalue weighted by molar-refractivity contribution is 0.0590. The van der Waals surface area contributed by atoms with E-state index in [9.17, 15) is 0 Å². The van der Waals surface area contributed by atoms with Gasteiger partial charge in [0.1, 0.15) is 6.23 Å². The first kappa shape index (κ1) is 16.2. The summed E-state index contributed by atoms with van der Waals surface area (Å²) in [6, 6.07) is 0.704. The van der Waals surface area contributed by atoms with Gasteiger partial charge < -0.3 is 9.64 Å². The summed E-state index contributed by atoms with van der Waals surface area (Å²) in [5, 5.41) is 3.58. The molecular formula is C14H29ClN2O. The molecule has 3 nitrogen and oxygen atoms in total. The number of nitrogens with one attached hydrogen (secondary N) is 1. The molecular weight excluding hydrogens is 248 g/mol. The van der Waals surface area contributed by atoms with Crippen LogP contribution in [0.3, 0.4) is 0 Å². The van der Waals surface area contributed by atoms with Crippen molar-refractivity contribution in [1.29, 1.82) is 0 Å². The van der Waals surface area contributed by atoms with E-state index in [4.69, 9.17) is 4.74 Å². The Labute approximate surface area is 118 Å². The van der Waals surface area contributed by atoms with E-state index in [0.717, 1.165) is 12.5 Å². The molecule has 4 heteroatoms. The molecule has 0 aromatic heterocycles. The molecule has 108 valence electrons. The Morgan fingerprint density at radius 2 is 1.89 bits per heavy atom. The van der Waals surface area contributed by atoms with Gasteiger partial charge in [-0.1, -0.05) is 0 Å². The molecule has 2 aliphatic heterocycles. The van der Waals surface area contributed by atoms with Gasteiger partial charge in [-0.05, 0) is 66.0 Å². The molecule has 0 spiro atoms. The normalized spacial score (nSPS) is 29.5. The molecule has 1 unspecified atom stereocenters. The third-order valence-corrected chi connectivity index (χ3v) is 4.12. The zero-order chi connectivity index (χ0) is 12.5. The van der Waals surface area contributed by atoms with E-state index < -0.39 is 0 Å². The van der Waals surface area contributed by atoms with Gasteiger partial charge in [0.25, 0.3) is 0 Å². The van der Waals surface area contributed by atoms with Gasteiger partial charge in [0.15, 0.2) is 0 Å². The zero-order valence-electron chi connectivity index (χ0n) is 12.2. The summed E-state index contributed by atoms with van der Waals surface area (Å²) in [5.74, 6) is 0.844. The van der Waals surface area contributed by atoms with E-state index in [1.807, 2.05) is 0 Å². The van der Waals surface area contributed by atoms with Gasteiger partial charge in [-0.15, -0.1) is 12.4 Å². The Morgan fingerprint density at radius 1 is 1.28 bits per heavy atom. The highest BCUT2D eigenvalue weighted by atomic mass is 35.5. The maximum atomic E-state index is 5.82. The first-order valence-electron chi connectivity index (χ1n) is 7.09. The number of rotatable bonds is 3. The molecule has 1 N–H and O–H groups in total. The fourth-order valence-corrected chi connectivity index (χ4v) is 2.96. The predicted octanol–water partition coefficient (Wildman–Crippen LogP) is 2.64. The SMILES string of the molecule is CC(C)N1CCC(CC2NC(C)(C)CO2)CC1.Cl. The molecule has 2 saturated heterocycles. The minimum Gasteiger partial charge on any atom is -0.361 e. The number of nitrogens with zero attached hydrogens (tertiary/aromatic N) is 1. The third-order valence-electron chi connectivity index (χ3n) is 4.12. The van der Waals surface area contributed by atoms with Crippen LogP contribution in [0.4, 0.5) is 0 Å². The number of hydrogen-bond donors (Lipinski definition) is 1. The minimum atomic E-state index is 0. The Morgan fingerprint density at radius 3 is 2.33 bits per heavy atom. The van der Waals surface area contributed by atoms with Crippen LogP contribution in [-0.4, -0.2) is 42.4 Å². The van der Waals surface area contributed by atoms with Crippen LogP contribution in [-0.2, 0) is 4.74 Å². The lowest BCUT2D eigenvalue weighted by Crippen LogP contribution is -2.42. The monoisotopic (exact) mass is 276 g/mol. The van der Waals surface area contributed by atoms with E-state index >= 15 is 0 Å². The molecule has 0 aromatic carbocycles. The predicted molar refractivity (Wildman–Crippen MR) is 78.3 cm³/mol. The molecule has 18 heavy (non-hydrogen) atoms. The number of ether oxygens (including phenoxy) is 1. The fraction of sp³-hybridized carbons (Fsp3) is 1.00. The smallest absolute Gasteiger partial charge is 0.108 e. The molecule has 0 amide bonds. The molecule has 2 rings (SSSR count). The van der Waals surface area contributed by atoms with Gasteiger partial charge in [0, 0.05) is 11.6 Å². The summed E-state index contributed by atoms with van der Waals surface area (Å²) in [7, 11) is 0. The van der Waals surface area contributed by atoms with E-state index in [1.165, 1.54) is 32.4 Å². The second-order valence-electron chi connectivity index (χ2n) is 6.64. The number of piperidine rings is 1. The number of hydrogen-bond acceptors (Lipinski definition) is 3. The second kappa shape index (κ2) is 6.56. The van der Waals surface area contributed by atoms with Crippen LogP contribution in [0.15, 0.2) is 0 Å². The van der Waals surface area contributed by atoms with E-state index in [2.05, 4.69) is 37.9 Å². The number of halogens is 1. The van der Waals surface area contributed by atoms with Crippen LogP contribution >= 0.6 is 12.4 Å². The average molecular weight is 277 g/mol. The molecule has 2 fully saturated rings. The Balaban J connectivity index is 0.00000162. The van der Waals surface area contributed by atoms with Crippen molar-refractivity contribution in [3.63, 3.8) is 0 Å². The van der Waals surface area contributed by atoms with Gasteiger partial charge in [-0.25, -0.2) is 0 Å². The van der Waals surface area contributed by atoms with Crippen LogP contribution in [0.2, 0.25) is 0 Å². The van der Waals surface area contributed by atoms with Crippen LogP contribution in [0, 0.1) is 5.92 Å². The van der Waals surface area contributed by atoms with Crippen LogP contribution in [0.25, 0.3) is 0 Å². The summed E-state index contributed by atoms with van der Waals surface area (Å²) in [5.41, 5.74) is 0.170. The van der Waals surface area contributed by atoms with Crippen LogP contribution in [0.1, 0.15) is 47.0 Å². The summed E-state index contributed by atoms with van der Waals surface area (Å²) in [6.07, 6.45) is 4.15. The molecule has 1 atom stereocenters. The van der Waals surface area contributed by atoms with Gasteiger partial charge in [0.05, 0.1) is 6.61 Å². The highest BCUT2D eigenvalue weighted by molar-refractivity contribution is 5.85. The standard InChI is InChI=1S/C14H28N2O.ClH/c1-11(2)16-7-5-12(6-8-16)9-13-15-14(3,4)10-17-13;/h11-13,15H,5-10H2,1-4H3;1H. The first-order valence-corrected chi connectivity index (χ1v) is 7.09. The molecule has 0 radical (unpaired) electrons. The van der Waals surface area contributed by atoms with Gasteiger partial charge in [-0.3, -0.25) is 5.32 Å². The molecule has 0 aromatic rings. The Kier molecular flexibility index (Phi) is 5.91. The second-order valence-corrected chi connectivity index (χ2v) is 6.64. The number of likely N-dealkylation sites (tertiary alicyclic amines) is 1. The summed E-state index contributed by atoms with van der Waals surface area (Å²) >= 11 is 0. The lowest BCUT2D eigenvalue weighted by atomic mass is 9.92. The van der Waals surface area contributed by atoms with Crippen molar-refractivity contribution in [3.8, 4) is 0 Å². The third kappa shape index (κ3) is 4.37. The van der Waals surface area contributed by atoms with Gasteiger partial charge >= 0.3 is 0 Å². The molecule has 2 heterocycles. The van der Waals surface area contributed by atoms with Crippen molar-refractivity contribution in [1.82, 2.24) is 10.2 Å². The average Bonchev–Trinajstić information content (AvgIpc) is 2.59. The zero-order valence-corrected chi connectivity index (χ0v) is 13.1. The van der Waals surface area contributed by atoms with E-state index in [0.29, 0.717) is 12.3 Å². The summed E-state index contributed by atoms with van der Waals surface area (Å²) < 4.78 is 5.82. The first-order chi connectivity index (χ1) is 7.96. The topological polar surface area (TPSA) is 24.5 Å². The maximum Gasteiger partial charge on any atom is 0.108 e. The van der Waals surface area contributed by atoms with Crippen molar-refractivity contribution >= 4 is 12.4 Å². The van der Waals surface area contributed by atoms with E-state index in [1.54, 1.807) is 0 Å². The van der Waals surface area contributed by atoms with Crippen molar-refractivity contribution in [3.05, 3.63) is 0 Å². The highest BCUT2D eigenvalue weighted by Gasteiger charge is 2.33. The fourth-order valence-electron chi connectivity index (χ4n) is 2.96. The van der Waals surface area contributed by atoms with Crippen LogP contribution in [0.5, 0.6) is 0 Å². The lowest BCUT2D eigenvalue weighted by Gasteiger charge is -2.35.